The van der Waals surface area contributed by atoms with Crippen LogP contribution < -0.4 is 5.32 Å². The van der Waals surface area contributed by atoms with E-state index in [0.29, 0.717) is 6.54 Å². The first-order chi connectivity index (χ1) is 6.18. The monoisotopic (exact) mass is 184 g/mol. The average molecular weight is 184 g/mol. The highest BCUT2D eigenvalue weighted by molar-refractivity contribution is 5.67. The molecule has 0 saturated carbocycles. The van der Waals surface area contributed by atoms with Crippen molar-refractivity contribution in [2.45, 2.75) is 25.9 Å². The summed E-state index contributed by atoms with van der Waals surface area (Å²) < 4.78 is 4.62. The van der Waals surface area contributed by atoms with Crippen molar-refractivity contribution in [2.75, 3.05) is 0 Å². The second-order valence-electron chi connectivity index (χ2n) is 2.87. The molecule has 0 aliphatic rings. The van der Waals surface area contributed by atoms with E-state index in [0.717, 1.165) is 5.69 Å². The van der Waals surface area contributed by atoms with Crippen molar-refractivity contribution >= 4 is 5.97 Å². The molecular formula is C8H12N2O3. The predicted molar refractivity (Wildman–Crippen MR) is 45.1 cm³/mol. The molecule has 5 heteroatoms. The van der Waals surface area contributed by atoms with Crippen LogP contribution in [0.25, 0.3) is 0 Å². The smallest absolute Gasteiger partial charge is 0.304 e. The summed E-state index contributed by atoms with van der Waals surface area (Å²) in [5.74, 6) is -0.805. The molecule has 0 aliphatic heterocycles. The largest absolute Gasteiger partial charge is 0.481 e. The van der Waals surface area contributed by atoms with Gasteiger partial charge in [0.1, 0.15) is 6.26 Å². The number of rotatable bonds is 5. The van der Waals surface area contributed by atoms with Gasteiger partial charge in [-0.25, -0.2) is 0 Å². The topological polar surface area (TPSA) is 75.4 Å². The lowest BCUT2D eigenvalue weighted by molar-refractivity contribution is -0.137. The summed E-state index contributed by atoms with van der Waals surface area (Å²) >= 11 is 0. The highest BCUT2D eigenvalue weighted by Crippen LogP contribution is 1.96. The molecule has 1 rings (SSSR count). The highest BCUT2D eigenvalue weighted by Gasteiger charge is 2.06. The number of carboxylic acid groups (broad SMARTS) is 1. The van der Waals surface area contributed by atoms with E-state index in [-0.39, 0.29) is 12.5 Å². The van der Waals surface area contributed by atoms with Gasteiger partial charge in [0.2, 0.25) is 0 Å². The predicted octanol–water partition coefficient (Wildman–Crippen LogP) is 0.627. The maximum atomic E-state index is 10.3. The molecule has 2 N–H and O–H groups in total. The van der Waals surface area contributed by atoms with E-state index in [9.17, 15) is 4.79 Å². The van der Waals surface area contributed by atoms with Crippen LogP contribution in [0.4, 0.5) is 0 Å². The van der Waals surface area contributed by atoms with E-state index >= 15 is 0 Å². The molecule has 72 valence electrons. The van der Waals surface area contributed by atoms with E-state index in [1.165, 1.54) is 6.26 Å². The first-order valence-electron chi connectivity index (χ1n) is 4.03. The summed E-state index contributed by atoms with van der Waals surface area (Å²) in [6, 6.07) is 1.68. The Morgan fingerprint density at radius 1 is 1.85 bits per heavy atom. The minimum absolute atomic E-state index is 0.0609. The van der Waals surface area contributed by atoms with E-state index < -0.39 is 5.97 Å². The fraction of sp³-hybridized carbons (Fsp3) is 0.500. The highest BCUT2D eigenvalue weighted by atomic mass is 16.5. The van der Waals surface area contributed by atoms with Crippen LogP contribution in [0.15, 0.2) is 16.9 Å². The van der Waals surface area contributed by atoms with Crippen LogP contribution in [0, 0.1) is 0 Å². The summed E-state index contributed by atoms with van der Waals surface area (Å²) in [4.78, 5) is 10.3. The van der Waals surface area contributed by atoms with Gasteiger partial charge in [0, 0.05) is 18.7 Å². The Kier molecular flexibility index (Phi) is 3.45. The molecule has 0 aromatic carbocycles. The molecular weight excluding hydrogens is 172 g/mol. The lowest BCUT2D eigenvalue weighted by atomic mass is 10.2. The summed E-state index contributed by atoms with van der Waals surface area (Å²) in [7, 11) is 0. The Labute approximate surface area is 75.7 Å². The molecule has 0 aliphatic carbocycles. The van der Waals surface area contributed by atoms with Gasteiger partial charge in [-0.05, 0) is 6.92 Å². The Hall–Kier alpha value is -1.36. The zero-order valence-electron chi connectivity index (χ0n) is 7.36. The second-order valence-corrected chi connectivity index (χ2v) is 2.87. The summed E-state index contributed by atoms with van der Waals surface area (Å²) in [6.07, 6.45) is 1.59. The van der Waals surface area contributed by atoms with Gasteiger partial charge in [0.05, 0.1) is 12.1 Å². The fourth-order valence-electron chi connectivity index (χ4n) is 0.942. The molecule has 5 nitrogen and oxygen atoms in total. The van der Waals surface area contributed by atoms with E-state index in [1.807, 2.05) is 6.92 Å². The quantitative estimate of drug-likeness (QED) is 0.701. The number of carbonyl (C=O) groups is 1. The molecule has 0 saturated heterocycles. The number of hydrogen-bond acceptors (Lipinski definition) is 4. The number of nitrogens with one attached hydrogen (secondary N) is 1. The minimum atomic E-state index is -0.805. The molecule has 1 aromatic heterocycles. The third kappa shape index (κ3) is 3.71. The van der Waals surface area contributed by atoms with Crippen molar-refractivity contribution in [2.24, 2.45) is 0 Å². The van der Waals surface area contributed by atoms with Gasteiger partial charge in [0.15, 0.2) is 0 Å². The molecule has 0 spiro atoms. The van der Waals surface area contributed by atoms with Gasteiger partial charge in [0.25, 0.3) is 0 Å². The molecule has 1 atom stereocenters. The number of aliphatic carboxylic acids is 1. The van der Waals surface area contributed by atoms with Crippen LogP contribution in [0.1, 0.15) is 19.0 Å². The minimum Gasteiger partial charge on any atom is -0.481 e. The Morgan fingerprint density at radius 3 is 3.15 bits per heavy atom. The lowest BCUT2D eigenvalue weighted by Crippen LogP contribution is -2.27. The lowest BCUT2D eigenvalue weighted by Gasteiger charge is -2.08. The first kappa shape index (κ1) is 9.73. The molecule has 0 radical (unpaired) electrons. The molecule has 0 amide bonds. The van der Waals surface area contributed by atoms with Crippen molar-refractivity contribution in [1.29, 1.82) is 0 Å². The number of nitrogens with zero attached hydrogens (tertiary/aromatic N) is 1. The first-order valence-corrected chi connectivity index (χ1v) is 4.03. The standard InChI is InChI=1S/C8H12N2O3/c1-6(4-8(11)12)9-5-7-2-3-13-10-7/h2-3,6,9H,4-5H2,1H3,(H,11,12). The van der Waals surface area contributed by atoms with E-state index in [4.69, 9.17) is 5.11 Å². The third-order valence-corrected chi connectivity index (χ3v) is 1.60. The van der Waals surface area contributed by atoms with Crippen LogP contribution in [0.3, 0.4) is 0 Å². The SMILES string of the molecule is CC(CC(=O)O)NCc1ccon1. The number of aromatic nitrogens is 1. The van der Waals surface area contributed by atoms with Gasteiger partial charge in [-0.1, -0.05) is 5.16 Å². The third-order valence-electron chi connectivity index (χ3n) is 1.60. The van der Waals surface area contributed by atoms with E-state index in [2.05, 4.69) is 15.0 Å². The van der Waals surface area contributed by atoms with Crippen LogP contribution in [-0.2, 0) is 11.3 Å². The van der Waals surface area contributed by atoms with Gasteiger partial charge in [-0.15, -0.1) is 0 Å². The average Bonchev–Trinajstić information content (AvgIpc) is 2.51. The van der Waals surface area contributed by atoms with Crippen molar-refractivity contribution < 1.29 is 14.4 Å². The number of carboxylic acids is 1. The van der Waals surface area contributed by atoms with Crippen molar-refractivity contribution in [3.8, 4) is 0 Å². The van der Waals surface area contributed by atoms with Gasteiger partial charge >= 0.3 is 5.97 Å². The van der Waals surface area contributed by atoms with Crippen LogP contribution in [0.5, 0.6) is 0 Å². The summed E-state index contributed by atoms with van der Waals surface area (Å²) in [5.41, 5.74) is 0.775. The zero-order chi connectivity index (χ0) is 9.68. The second kappa shape index (κ2) is 4.61. The van der Waals surface area contributed by atoms with Crippen molar-refractivity contribution in [1.82, 2.24) is 10.5 Å². The number of hydrogen-bond donors (Lipinski definition) is 2. The van der Waals surface area contributed by atoms with Crippen molar-refractivity contribution in [3.63, 3.8) is 0 Å². The molecule has 0 bridgehead atoms. The van der Waals surface area contributed by atoms with Crippen LogP contribution in [0.2, 0.25) is 0 Å². The van der Waals surface area contributed by atoms with E-state index in [1.54, 1.807) is 6.07 Å². The van der Waals surface area contributed by atoms with Gasteiger partial charge in [-0.2, -0.15) is 0 Å². The Bertz CT molecular complexity index is 258. The maximum absolute atomic E-state index is 10.3. The van der Waals surface area contributed by atoms with Crippen molar-refractivity contribution in [3.05, 3.63) is 18.0 Å². The zero-order valence-corrected chi connectivity index (χ0v) is 7.36. The fourth-order valence-corrected chi connectivity index (χ4v) is 0.942. The summed E-state index contributed by atoms with van der Waals surface area (Å²) in [5, 5.41) is 15.2. The molecule has 1 aromatic rings. The van der Waals surface area contributed by atoms with Gasteiger partial charge < -0.3 is 14.9 Å². The van der Waals surface area contributed by atoms with Crippen LogP contribution in [-0.4, -0.2) is 22.3 Å². The molecule has 1 unspecified atom stereocenters. The molecule has 0 fully saturated rings. The Morgan fingerprint density at radius 2 is 2.62 bits per heavy atom. The molecule has 13 heavy (non-hydrogen) atoms. The Balaban J connectivity index is 2.22. The molecule has 1 heterocycles. The normalized spacial score (nSPS) is 12.7. The summed E-state index contributed by atoms with van der Waals surface area (Å²) in [6.45, 7) is 2.35. The van der Waals surface area contributed by atoms with Crippen LogP contribution >= 0.6 is 0 Å². The maximum Gasteiger partial charge on any atom is 0.304 e. The van der Waals surface area contributed by atoms with Gasteiger partial charge in [-0.3, -0.25) is 4.79 Å².